The average Bonchev–Trinajstić information content (AvgIpc) is 3.48. The first-order valence-electron chi connectivity index (χ1n) is 10.6. The number of nitro groups is 1. The van der Waals surface area contributed by atoms with Gasteiger partial charge in [-0.3, -0.25) is 14.9 Å². The van der Waals surface area contributed by atoms with Gasteiger partial charge in [0.15, 0.2) is 0 Å². The fraction of sp³-hybridized carbons (Fsp3) is 0.304. The van der Waals surface area contributed by atoms with Crippen molar-refractivity contribution >= 4 is 33.9 Å². The Morgan fingerprint density at radius 2 is 2.00 bits per heavy atom. The summed E-state index contributed by atoms with van der Waals surface area (Å²) in [6.07, 6.45) is 8.57. The molecular weight excluding hydrogens is 394 g/mol. The number of H-pyrrole nitrogens is 1. The van der Waals surface area contributed by atoms with Crippen LogP contribution in [-0.2, 0) is 0 Å². The van der Waals surface area contributed by atoms with Crippen molar-refractivity contribution < 1.29 is 9.72 Å². The van der Waals surface area contributed by atoms with Crippen LogP contribution in [0.4, 0.5) is 11.4 Å². The van der Waals surface area contributed by atoms with E-state index in [9.17, 15) is 14.9 Å². The van der Waals surface area contributed by atoms with Crippen LogP contribution in [0.1, 0.15) is 35.2 Å². The van der Waals surface area contributed by atoms with E-state index in [2.05, 4.69) is 16.0 Å². The number of anilines is 1. The van der Waals surface area contributed by atoms with Gasteiger partial charge in [-0.05, 0) is 49.1 Å². The molecule has 0 bridgehead atoms. The van der Waals surface area contributed by atoms with Crippen molar-refractivity contribution in [1.82, 2.24) is 14.9 Å². The number of rotatable bonds is 4. The van der Waals surface area contributed by atoms with Crippen LogP contribution in [0, 0.1) is 10.1 Å². The second-order valence-electron chi connectivity index (χ2n) is 7.99. The number of nitrogens with zero attached hydrogens (tertiary/aromatic N) is 4. The molecule has 1 saturated heterocycles. The van der Waals surface area contributed by atoms with Gasteiger partial charge in [-0.1, -0.05) is 6.08 Å². The third-order valence-corrected chi connectivity index (χ3v) is 6.16. The molecule has 3 aromatic rings. The van der Waals surface area contributed by atoms with Gasteiger partial charge >= 0.3 is 0 Å². The zero-order chi connectivity index (χ0) is 21.4. The molecule has 0 atom stereocenters. The zero-order valence-electron chi connectivity index (χ0n) is 17.1. The topological polar surface area (TPSA) is 95.4 Å². The molecule has 1 N–H and O–H groups in total. The first-order chi connectivity index (χ1) is 15.1. The molecule has 4 heterocycles. The van der Waals surface area contributed by atoms with Crippen molar-refractivity contribution in [2.24, 2.45) is 0 Å². The number of hydrogen-bond acceptors (Lipinski definition) is 5. The Kier molecular flexibility index (Phi) is 4.89. The van der Waals surface area contributed by atoms with Gasteiger partial charge in [0, 0.05) is 61.2 Å². The maximum atomic E-state index is 13.1. The van der Waals surface area contributed by atoms with Crippen molar-refractivity contribution in [3.63, 3.8) is 0 Å². The molecule has 158 valence electrons. The number of carbonyl (C=O) groups excluding carboxylic acids is 1. The Morgan fingerprint density at radius 1 is 1.16 bits per heavy atom. The first-order valence-corrected chi connectivity index (χ1v) is 10.6. The predicted octanol–water partition coefficient (Wildman–Crippen LogP) is 4.00. The summed E-state index contributed by atoms with van der Waals surface area (Å²) < 4.78 is 0. The number of carbonyl (C=O) groups is 1. The highest BCUT2D eigenvalue weighted by molar-refractivity contribution is 5.97. The van der Waals surface area contributed by atoms with Gasteiger partial charge in [0.25, 0.3) is 11.6 Å². The summed E-state index contributed by atoms with van der Waals surface area (Å²) in [5.74, 6) is -0.174. The minimum atomic E-state index is -0.385. The summed E-state index contributed by atoms with van der Waals surface area (Å²) in [7, 11) is 0. The average molecular weight is 417 g/mol. The van der Waals surface area contributed by atoms with Gasteiger partial charge in [0.2, 0.25) is 0 Å². The van der Waals surface area contributed by atoms with Gasteiger partial charge in [-0.25, -0.2) is 4.98 Å². The molecule has 0 radical (unpaired) electrons. The van der Waals surface area contributed by atoms with E-state index in [1.807, 2.05) is 23.2 Å². The summed E-state index contributed by atoms with van der Waals surface area (Å²) in [5, 5.41) is 12.7. The van der Waals surface area contributed by atoms with Crippen molar-refractivity contribution in [2.45, 2.75) is 19.3 Å². The van der Waals surface area contributed by atoms with Crippen LogP contribution < -0.4 is 4.90 Å². The zero-order valence-corrected chi connectivity index (χ0v) is 17.1. The summed E-state index contributed by atoms with van der Waals surface area (Å²) >= 11 is 0. The molecule has 2 aliphatic rings. The fourth-order valence-corrected chi connectivity index (χ4v) is 4.53. The van der Waals surface area contributed by atoms with Gasteiger partial charge in [0.1, 0.15) is 11.3 Å². The number of aromatic nitrogens is 2. The second-order valence-corrected chi connectivity index (χ2v) is 7.99. The maximum Gasteiger partial charge on any atom is 0.293 e. The molecule has 1 amide bonds. The quantitative estimate of drug-likeness (QED) is 0.511. The number of pyridine rings is 1. The molecule has 8 heteroatoms. The number of amides is 1. The summed E-state index contributed by atoms with van der Waals surface area (Å²) in [6, 6.07) is 8.82. The smallest absolute Gasteiger partial charge is 0.293 e. The molecule has 1 aromatic carbocycles. The van der Waals surface area contributed by atoms with Crippen LogP contribution in [0.5, 0.6) is 0 Å². The lowest BCUT2D eigenvalue weighted by molar-refractivity contribution is -0.384. The van der Waals surface area contributed by atoms with Gasteiger partial charge in [-0.15, -0.1) is 0 Å². The summed E-state index contributed by atoms with van der Waals surface area (Å²) in [6.45, 7) is 2.68. The van der Waals surface area contributed by atoms with Gasteiger partial charge in [-0.2, -0.15) is 0 Å². The van der Waals surface area contributed by atoms with Crippen molar-refractivity contribution in [3.05, 3.63) is 70.0 Å². The van der Waals surface area contributed by atoms with Crippen LogP contribution in [0.25, 0.3) is 16.6 Å². The molecule has 0 aliphatic carbocycles. The van der Waals surface area contributed by atoms with E-state index in [1.165, 1.54) is 11.6 Å². The molecule has 0 saturated carbocycles. The Balaban J connectivity index is 1.36. The van der Waals surface area contributed by atoms with Crippen LogP contribution >= 0.6 is 0 Å². The highest BCUT2D eigenvalue weighted by Crippen LogP contribution is 2.33. The number of aromatic amines is 1. The highest BCUT2D eigenvalue weighted by atomic mass is 16.6. The Labute approximate surface area is 179 Å². The standard InChI is InChI=1S/C23H23N5O3/c29-23(17-5-6-20(21(14-17)28(30)31)26-10-1-2-11-26)27-12-7-16(8-13-27)19-15-25-22-18(19)4-3-9-24-22/h3-7,9,14-15H,1-2,8,10-13H2,(H,24,25). The number of fused-ring (bicyclic) bond motifs is 1. The van der Waals surface area contributed by atoms with E-state index < -0.39 is 0 Å². The Hall–Kier alpha value is -3.68. The minimum Gasteiger partial charge on any atom is -0.366 e. The van der Waals surface area contributed by atoms with Gasteiger partial charge in [0.05, 0.1) is 4.92 Å². The lowest BCUT2D eigenvalue weighted by atomic mass is 9.99. The van der Waals surface area contributed by atoms with E-state index >= 15 is 0 Å². The third-order valence-electron chi connectivity index (χ3n) is 6.16. The van der Waals surface area contributed by atoms with E-state index in [0.29, 0.717) is 24.3 Å². The van der Waals surface area contributed by atoms with Crippen molar-refractivity contribution in [3.8, 4) is 0 Å². The predicted molar refractivity (Wildman–Crippen MR) is 119 cm³/mol. The van der Waals surface area contributed by atoms with E-state index in [4.69, 9.17) is 0 Å². The molecule has 8 nitrogen and oxygen atoms in total. The van der Waals surface area contributed by atoms with Crippen molar-refractivity contribution in [1.29, 1.82) is 0 Å². The monoisotopic (exact) mass is 417 g/mol. The maximum absolute atomic E-state index is 13.1. The largest absolute Gasteiger partial charge is 0.366 e. The number of hydrogen-bond donors (Lipinski definition) is 1. The molecule has 31 heavy (non-hydrogen) atoms. The minimum absolute atomic E-state index is 0.00674. The second kappa shape index (κ2) is 7.86. The number of nitro benzene ring substituents is 1. The van der Waals surface area contributed by atoms with E-state index in [1.54, 1.807) is 23.2 Å². The molecule has 5 rings (SSSR count). The van der Waals surface area contributed by atoms with Crippen LogP contribution in [-0.4, -0.2) is 51.9 Å². The third kappa shape index (κ3) is 3.54. The van der Waals surface area contributed by atoms with Gasteiger partial charge < -0.3 is 14.8 Å². The molecule has 2 aliphatic heterocycles. The van der Waals surface area contributed by atoms with Crippen molar-refractivity contribution in [2.75, 3.05) is 31.1 Å². The SMILES string of the molecule is O=C(c1ccc(N2CCCC2)c([N+](=O)[O-])c1)N1CC=C(c2c[nH]c3ncccc23)CC1. The summed E-state index contributed by atoms with van der Waals surface area (Å²) in [5.41, 5.74) is 4.12. The highest BCUT2D eigenvalue weighted by Gasteiger charge is 2.26. The Bertz CT molecular complexity index is 1190. The normalized spacial score (nSPS) is 16.6. The Morgan fingerprint density at radius 3 is 2.74 bits per heavy atom. The molecule has 0 unspecified atom stereocenters. The molecule has 2 aromatic heterocycles. The molecule has 0 spiro atoms. The fourth-order valence-electron chi connectivity index (χ4n) is 4.53. The summed E-state index contributed by atoms with van der Waals surface area (Å²) in [4.78, 5) is 35.6. The van der Waals surface area contributed by atoms with Crippen LogP contribution in [0.15, 0.2) is 48.8 Å². The number of nitrogens with one attached hydrogen (secondary N) is 1. The van der Waals surface area contributed by atoms with Crippen LogP contribution in [0.2, 0.25) is 0 Å². The van der Waals surface area contributed by atoms with E-state index in [-0.39, 0.29) is 16.5 Å². The lowest BCUT2D eigenvalue weighted by Gasteiger charge is -2.27. The van der Waals surface area contributed by atoms with E-state index in [0.717, 1.165) is 48.9 Å². The molecule has 1 fully saturated rings. The molecular formula is C23H23N5O3. The van der Waals surface area contributed by atoms with Crippen LogP contribution in [0.3, 0.4) is 0 Å². The lowest BCUT2D eigenvalue weighted by Crippen LogP contribution is -2.34. The number of benzene rings is 1. The first kappa shape index (κ1) is 19.3.